The van der Waals surface area contributed by atoms with Gasteiger partial charge in [0.25, 0.3) is 5.91 Å². The van der Waals surface area contributed by atoms with Crippen molar-refractivity contribution in [3.63, 3.8) is 0 Å². The first kappa shape index (κ1) is 24.6. The molecule has 5 nitrogen and oxygen atoms in total. The number of carbonyl (C=O) groups excluding carboxylic acids is 1. The van der Waals surface area contributed by atoms with E-state index >= 15 is 0 Å². The Morgan fingerprint density at radius 3 is 2.74 bits per heavy atom. The molecule has 178 valence electrons. The number of amides is 1. The summed E-state index contributed by atoms with van der Waals surface area (Å²) in [6.45, 7) is 2.37. The lowest BCUT2D eigenvalue weighted by Gasteiger charge is -2.39. The van der Waals surface area contributed by atoms with Gasteiger partial charge < -0.3 is 19.7 Å². The highest BCUT2D eigenvalue weighted by Crippen LogP contribution is 2.44. The molecule has 7 heteroatoms. The Bertz CT molecular complexity index is 1100. The largest absolute Gasteiger partial charge is 0.493 e. The molecule has 1 aliphatic heterocycles. The van der Waals surface area contributed by atoms with Crippen LogP contribution in [0.3, 0.4) is 0 Å². The van der Waals surface area contributed by atoms with E-state index in [1.54, 1.807) is 7.11 Å². The molecule has 2 aliphatic rings. The summed E-state index contributed by atoms with van der Waals surface area (Å²) >= 11 is 5.08. The van der Waals surface area contributed by atoms with Gasteiger partial charge in [0.2, 0.25) is 0 Å². The molecule has 1 saturated heterocycles. The van der Waals surface area contributed by atoms with Gasteiger partial charge in [-0.1, -0.05) is 71.6 Å². The van der Waals surface area contributed by atoms with Crippen LogP contribution in [-0.2, 0) is 4.79 Å². The Balaban J connectivity index is 1.72. The Hall–Kier alpha value is -2.56. The molecule has 3 atom stereocenters. The standard InChI is InChI=1S/C27H29BrN2O3S/c1-4-14-33-25-19(15-20(28)17-23(25)32-3)16-24-26(31)30(22-13-9-8-10-18(22)2)27(34-24)29-21-11-6-5-7-12-21/h1,5-7,11-12,15-18,22,27,29H,8-10,13-14H2,2-3H3/b24-16-/t18-,22+,27?/m0/s1. The average molecular weight is 542 g/mol. The van der Waals surface area contributed by atoms with Crippen molar-refractivity contribution in [1.82, 2.24) is 4.90 Å². The summed E-state index contributed by atoms with van der Waals surface area (Å²) in [6, 6.07) is 14.0. The number of methoxy groups -OCH3 is 1. The number of benzene rings is 2. The number of hydrogen-bond donors (Lipinski definition) is 1. The van der Waals surface area contributed by atoms with Crippen molar-refractivity contribution in [2.45, 2.75) is 44.1 Å². The summed E-state index contributed by atoms with van der Waals surface area (Å²) in [5, 5.41) is 3.57. The molecule has 4 rings (SSSR count). The van der Waals surface area contributed by atoms with Crippen molar-refractivity contribution >= 4 is 45.4 Å². The van der Waals surface area contributed by atoms with E-state index < -0.39 is 0 Å². The van der Waals surface area contributed by atoms with E-state index in [9.17, 15) is 4.79 Å². The van der Waals surface area contributed by atoms with Gasteiger partial charge in [0.05, 0.1) is 12.0 Å². The zero-order valence-electron chi connectivity index (χ0n) is 19.4. The van der Waals surface area contributed by atoms with Crippen LogP contribution in [0.15, 0.2) is 51.8 Å². The minimum Gasteiger partial charge on any atom is -0.493 e. The number of terminal acetylenes is 1. The Kier molecular flexibility index (Phi) is 8.12. The maximum atomic E-state index is 13.8. The highest BCUT2D eigenvalue weighted by atomic mass is 79.9. The number of nitrogens with zero attached hydrogens (tertiary/aromatic N) is 1. The van der Waals surface area contributed by atoms with Crippen LogP contribution in [0.1, 0.15) is 38.2 Å². The van der Waals surface area contributed by atoms with Crippen LogP contribution in [0, 0.1) is 18.3 Å². The fourth-order valence-corrected chi connectivity index (χ4v) is 6.28. The second-order valence-electron chi connectivity index (χ2n) is 8.55. The molecule has 34 heavy (non-hydrogen) atoms. The van der Waals surface area contributed by atoms with E-state index in [0.717, 1.165) is 35.0 Å². The maximum Gasteiger partial charge on any atom is 0.262 e. The predicted molar refractivity (Wildman–Crippen MR) is 143 cm³/mol. The molecule has 0 radical (unpaired) electrons. The lowest BCUT2D eigenvalue weighted by molar-refractivity contribution is -0.129. The SMILES string of the molecule is C#CCOc1c(/C=C2\SC(Nc3ccccc3)N([C@@H]3CCCC[C@@H]3C)C2=O)cc(Br)cc1OC. The lowest BCUT2D eigenvalue weighted by atomic mass is 9.85. The van der Waals surface area contributed by atoms with Crippen molar-refractivity contribution in [1.29, 1.82) is 0 Å². The van der Waals surface area contributed by atoms with Crippen LogP contribution in [0.2, 0.25) is 0 Å². The highest BCUT2D eigenvalue weighted by Gasteiger charge is 2.43. The van der Waals surface area contributed by atoms with Crippen LogP contribution in [0.25, 0.3) is 6.08 Å². The van der Waals surface area contributed by atoms with Crippen LogP contribution >= 0.6 is 27.7 Å². The molecule has 2 aromatic rings. The highest BCUT2D eigenvalue weighted by molar-refractivity contribution is 9.10. The maximum absolute atomic E-state index is 13.8. The third-order valence-corrected chi connectivity index (χ3v) is 7.85. The normalized spacial score (nSPS) is 23.6. The average Bonchev–Trinajstić information content (AvgIpc) is 3.13. The van der Waals surface area contributed by atoms with Gasteiger partial charge in [-0.15, -0.1) is 6.42 Å². The number of carbonyl (C=O) groups is 1. The Labute approximate surface area is 214 Å². The molecule has 1 unspecified atom stereocenters. The van der Waals surface area contributed by atoms with Crippen molar-refractivity contribution in [2.24, 2.45) is 5.92 Å². The fraction of sp³-hybridized carbons (Fsp3) is 0.370. The van der Waals surface area contributed by atoms with Gasteiger partial charge in [0.1, 0.15) is 6.61 Å². The molecule has 0 aromatic heterocycles. The molecular weight excluding hydrogens is 512 g/mol. The number of para-hydroxylation sites is 1. The monoisotopic (exact) mass is 540 g/mol. The first-order valence-corrected chi connectivity index (χ1v) is 13.2. The van der Waals surface area contributed by atoms with E-state index in [-0.39, 0.29) is 24.1 Å². The second kappa shape index (κ2) is 11.2. The van der Waals surface area contributed by atoms with Crippen LogP contribution < -0.4 is 14.8 Å². The molecule has 2 fully saturated rings. The minimum atomic E-state index is -0.184. The summed E-state index contributed by atoms with van der Waals surface area (Å²) in [7, 11) is 1.59. The third kappa shape index (κ3) is 5.39. The van der Waals surface area contributed by atoms with Gasteiger partial charge in [-0.2, -0.15) is 0 Å². The Morgan fingerprint density at radius 1 is 1.26 bits per heavy atom. The third-order valence-electron chi connectivity index (χ3n) is 6.28. The topological polar surface area (TPSA) is 50.8 Å². The number of ether oxygens (including phenoxy) is 2. The summed E-state index contributed by atoms with van der Waals surface area (Å²) < 4.78 is 12.2. The number of halogens is 1. The first-order valence-electron chi connectivity index (χ1n) is 11.5. The van der Waals surface area contributed by atoms with Crippen molar-refractivity contribution in [3.05, 3.63) is 57.4 Å². The van der Waals surface area contributed by atoms with Gasteiger partial charge in [-0.3, -0.25) is 4.79 Å². The van der Waals surface area contributed by atoms with Crippen LogP contribution in [0.5, 0.6) is 11.5 Å². The van der Waals surface area contributed by atoms with E-state index in [2.05, 4.69) is 34.1 Å². The summed E-state index contributed by atoms with van der Waals surface area (Å²) in [6.07, 6.45) is 11.8. The molecule has 1 amide bonds. The van der Waals surface area contributed by atoms with Crippen molar-refractivity contribution in [3.8, 4) is 23.8 Å². The van der Waals surface area contributed by atoms with Crippen molar-refractivity contribution < 1.29 is 14.3 Å². The van der Waals surface area contributed by atoms with Gasteiger partial charge in [0, 0.05) is 21.8 Å². The fourth-order valence-electron chi connectivity index (χ4n) is 4.62. The van der Waals surface area contributed by atoms with Crippen LogP contribution in [-0.4, -0.2) is 36.1 Å². The van der Waals surface area contributed by atoms with Gasteiger partial charge >= 0.3 is 0 Å². The van der Waals surface area contributed by atoms with Gasteiger partial charge in [0.15, 0.2) is 17.0 Å². The zero-order valence-corrected chi connectivity index (χ0v) is 21.8. The second-order valence-corrected chi connectivity index (χ2v) is 10.6. The number of nitrogens with one attached hydrogen (secondary N) is 1. The number of rotatable bonds is 7. The molecule has 0 spiro atoms. The number of hydrogen-bond acceptors (Lipinski definition) is 5. The van der Waals surface area contributed by atoms with E-state index in [1.807, 2.05) is 53.4 Å². The quantitative estimate of drug-likeness (QED) is 0.327. The van der Waals surface area contributed by atoms with Crippen LogP contribution in [0.4, 0.5) is 5.69 Å². The molecule has 2 aromatic carbocycles. The minimum absolute atomic E-state index is 0.0408. The lowest BCUT2D eigenvalue weighted by Crippen LogP contribution is -2.48. The molecular formula is C27H29BrN2O3S. The molecule has 1 aliphatic carbocycles. The van der Waals surface area contributed by atoms with E-state index in [0.29, 0.717) is 22.3 Å². The zero-order chi connectivity index (χ0) is 24.1. The number of thioether (sulfide) groups is 1. The summed E-state index contributed by atoms with van der Waals surface area (Å²) in [5.41, 5.74) is 1.55. The first-order chi connectivity index (χ1) is 16.5. The smallest absolute Gasteiger partial charge is 0.262 e. The number of anilines is 1. The predicted octanol–water partition coefficient (Wildman–Crippen LogP) is 6.36. The van der Waals surface area contributed by atoms with Crippen molar-refractivity contribution in [2.75, 3.05) is 19.0 Å². The molecule has 1 heterocycles. The van der Waals surface area contributed by atoms with E-state index in [4.69, 9.17) is 15.9 Å². The van der Waals surface area contributed by atoms with Gasteiger partial charge in [-0.25, -0.2) is 0 Å². The Morgan fingerprint density at radius 2 is 2.03 bits per heavy atom. The molecule has 1 N–H and O–H groups in total. The summed E-state index contributed by atoms with van der Waals surface area (Å²) in [4.78, 5) is 16.5. The molecule has 0 bridgehead atoms. The van der Waals surface area contributed by atoms with Gasteiger partial charge in [-0.05, 0) is 49.1 Å². The summed E-state index contributed by atoms with van der Waals surface area (Å²) in [5.74, 6) is 4.09. The van der Waals surface area contributed by atoms with E-state index in [1.165, 1.54) is 18.2 Å². The molecule has 1 saturated carbocycles.